The van der Waals surface area contributed by atoms with Crippen LogP contribution in [0.3, 0.4) is 0 Å². The predicted octanol–water partition coefficient (Wildman–Crippen LogP) is 2.92. The van der Waals surface area contributed by atoms with E-state index in [1.165, 1.54) is 5.56 Å². The van der Waals surface area contributed by atoms with Crippen molar-refractivity contribution < 1.29 is 9.47 Å². The van der Waals surface area contributed by atoms with E-state index in [0.717, 1.165) is 70.0 Å². The quantitative estimate of drug-likeness (QED) is 0.232. The minimum atomic E-state index is 0. The smallest absolute Gasteiger partial charge is 0.191 e. The normalized spacial score (nSPS) is 16.5. The molecule has 1 aromatic carbocycles. The number of aliphatic imine (C=N–C) groups is 1. The largest absolute Gasteiger partial charge is 0.382 e. The van der Waals surface area contributed by atoms with E-state index >= 15 is 0 Å². The van der Waals surface area contributed by atoms with Gasteiger partial charge in [-0.15, -0.1) is 24.0 Å². The highest BCUT2D eigenvalue weighted by Crippen LogP contribution is 2.23. The van der Waals surface area contributed by atoms with E-state index in [0.29, 0.717) is 0 Å². The Balaban J connectivity index is 0.00000364. The van der Waals surface area contributed by atoms with Crippen molar-refractivity contribution in [3.05, 3.63) is 34.9 Å². The van der Waals surface area contributed by atoms with Crippen LogP contribution in [-0.2, 0) is 9.47 Å². The zero-order valence-corrected chi connectivity index (χ0v) is 19.3. The molecule has 27 heavy (non-hydrogen) atoms. The summed E-state index contributed by atoms with van der Waals surface area (Å²) in [5.74, 6) is 0.814. The molecular weight excluding hydrogens is 479 g/mol. The molecule has 8 heteroatoms. The van der Waals surface area contributed by atoms with Crippen molar-refractivity contribution in [2.24, 2.45) is 4.99 Å². The van der Waals surface area contributed by atoms with Gasteiger partial charge in [-0.3, -0.25) is 9.89 Å². The van der Waals surface area contributed by atoms with Crippen molar-refractivity contribution in [3.63, 3.8) is 0 Å². The average Bonchev–Trinajstić information content (AvgIpc) is 2.68. The number of benzene rings is 1. The fourth-order valence-electron chi connectivity index (χ4n) is 2.97. The number of nitrogens with one attached hydrogen (secondary N) is 2. The van der Waals surface area contributed by atoms with E-state index in [1.54, 1.807) is 7.05 Å². The maximum Gasteiger partial charge on any atom is 0.191 e. The Morgan fingerprint density at radius 1 is 1.26 bits per heavy atom. The third-order valence-electron chi connectivity index (χ3n) is 4.39. The van der Waals surface area contributed by atoms with Crippen LogP contribution in [0.4, 0.5) is 0 Å². The van der Waals surface area contributed by atoms with Gasteiger partial charge >= 0.3 is 0 Å². The van der Waals surface area contributed by atoms with Crippen LogP contribution in [-0.4, -0.2) is 70.5 Å². The van der Waals surface area contributed by atoms with Crippen LogP contribution in [0.5, 0.6) is 0 Å². The van der Waals surface area contributed by atoms with Gasteiger partial charge < -0.3 is 20.1 Å². The lowest BCUT2D eigenvalue weighted by Crippen LogP contribution is -2.46. The van der Waals surface area contributed by atoms with E-state index in [1.807, 2.05) is 19.1 Å². The molecular formula is C19H32ClIN4O2. The average molecular weight is 511 g/mol. The summed E-state index contributed by atoms with van der Waals surface area (Å²) in [6, 6.07) is 8.35. The lowest BCUT2D eigenvalue weighted by Gasteiger charge is -2.35. The van der Waals surface area contributed by atoms with Crippen LogP contribution in [0.25, 0.3) is 0 Å². The second kappa shape index (κ2) is 14.4. The molecule has 6 nitrogen and oxygen atoms in total. The highest BCUT2D eigenvalue weighted by Gasteiger charge is 2.22. The zero-order chi connectivity index (χ0) is 18.6. The topological polar surface area (TPSA) is 58.1 Å². The van der Waals surface area contributed by atoms with Gasteiger partial charge in [-0.2, -0.15) is 0 Å². The molecule has 1 aliphatic rings. The van der Waals surface area contributed by atoms with Crippen molar-refractivity contribution in [1.82, 2.24) is 15.5 Å². The molecule has 0 amide bonds. The Morgan fingerprint density at radius 3 is 2.59 bits per heavy atom. The van der Waals surface area contributed by atoms with Gasteiger partial charge in [0, 0.05) is 51.5 Å². The highest BCUT2D eigenvalue weighted by atomic mass is 127. The Morgan fingerprint density at radius 2 is 1.96 bits per heavy atom. The lowest BCUT2D eigenvalue weighted by molar-refractivity contribution is 0.0170. The van der Waals surface area contributed by atoms with Crippen molar-refractivity contribution in [1.29, 1.82) is 0 Å². The Bertz CT molecular complexity index is 539. The van der Waals surface area contributed by atoms with Crippen LogP contribution < -0.4 is 10.6 Å². The van der Waals surface area contributed by atoms with Crippen molar-refractivity contribution in [2.45, 2.75) is 19.4 Å². The molecule has 1 saturated heterocycles. The van der Waals surface area contributed by atoms with Crippen LogP contribution in [0.2, 0.25) is 5.02 Å². The predicted molar refractivity (Wildman–Crippen MR) is 122 cm³/mol. The molecule has 0 spiro atoms. The van der Waals surface area contributed by atoms with Gasteiger partial charge in [0.1, 0.15) is 0 Å². The molecule has 0 radical (unpaired) electrons. The first-order chi connectivity index (χ1) is 12.7. The molecule has 0 saturated carbocycles. The maximum absolute atomic E-state index is 6.06. The molecule has 2 rings (SSSR count). The Labute approximate surface area is 185 Å². The van der Waals surface area contributed by atoms with Crippen molar-refractivity contribution in [2.75, 3.05) is 59.7 Å². The highest BCUT2D eigenvalue weighted by molar-refractivity contribution is 14.0. The molecule has 1 heterocycles. The first-order valence-corrected chi connectivity index (χ1v) is 9.72. The van der Waals surface area contributed by atoms with E-state index < -0.39 is 0 Å². The first kappa shape index (κ1) is 24.4. The SMILES string of the molecule is CCOCCCNC(=NC)NCC(c1ccc(Cl)cc1)N1CCOCC1.I. The fraction of sp³-hybridized carbons (Fsp3) is 0.632. The number of hydrogen-bond acceptors (Lipinski definition) is 4. The van der Waals surface area contributed by atoms with Gasteiger partial charge in [-0.25, -0.2) is 0 Å². The zero-order valence-electron chi connectivity index (χ0n) is 16.2. The monoisotopic (exact) mass is 510 g/mol. The summed E-state index contributed by atoms with van der Waals surface area (Å²) in [7, 11) is 1.80. The molecule has 0 aromatic heterocycles. The minimum Gasteiger partial charge on any atom is -0.382 e. The fourth-order valence-corrected chi connectivity index (χ4v) is 3.10. The van der Waals surface area contributed by atoms with Gasteiger partial charge in [-0.05, 0) is 31.0 Å². The summed E-state index contributed by atoms with van der Waals surface area (Å²) in [6.45, 7) is 8.54. The molecule has 2 N–H and O–H groups in total. The van der Waals surface area contributed by atoms with E-state index in [-0.39, 0.29) is 30.0 Å². The van der Waals surface area contributed by atoms with Gasteiger partial charge in [0.15, 0.2) is 5.96 Å². The van der Waals surface area contributed by atoms with Crippen molar-refractivity contribution in [3.8, 4) is 0 Å². The molecule has 0 aliphatic carbocycles. The van der Waals surface area contributed by atoms with Gasteiger partial charge in [0.2, 0.25) is 0 Å². The molecule has 1 aromatic rings. The van der Waals surface area contributed by atoms with E-state index in [2.05, 4.69) is 32.7 Å². The number of rotatable bonds is 9. The number of ether oxygens (including phenoxy) is 2. The second-order valence-corrected chi connectivity index (χ2v) is 6.58. The second-order valence-electron chi connectivity index (χ2n) is 6.15. The third kappa shape index (κ3) is 8.95. The molecule has 0 bridgehead atoms. The standard InChI is InChI=1S/C19H31ClN4O2.HI/c1-3-25-12-4-9-22-19(21-2)23-15-18(24-10-13-26-14-11-24)16-5-7-17(20)8-6-16;/h5-8,18H,3-4,9-15H2,1-2H3,(H2,21,22,23);1H. The van der Waals surface area contributed by atoms with Gasteiger partial charge in [-0.1, -0.05) is 23.7 Å². The van der Waals surface area contributed by atoms with Crippen LogP contribution in [0.15, 0.2) is 29.3 Å². The lowest BCUT2D eigenvalue weighted by atomic mass is 10.0. The molecule has 1 aliphatic heterocycles. The Kier molecular flexibility index (Phi) is 13.0. The van der Waals surface area contributed by atoms with Crippen molar-refractivity contribution >= 4 is 41.5 Å². The van der Waals surface area contributed by atoms with Gasteiger partial charge in [0.05, 0.1) is 19.3 Å². The van der Waals surface area contributed by atoms with Crippen LogP contribution in [0.1, 0.15) is 24.9 Å². The summed E-state index contributed by atoms with van der Waals surface area (Å²) in [4.78, 5) is 6.77. The third-order valence-corrected chi connectivity index (χ3v) is 4.64. The van der Waals surface area contributed by atoms with Crippen LogP contribution >= 0.6 is 35.6 Å². The minimum absolute atomic E-state index is 0. The summed E-state index contributed by atoms with van der Waals surface area (Å²) in [5.41, 5.74) is 1.25. The summed E-state index contributed by atoms with van der Waals surface area (Å²) in [5, 5.41) is 7.55. The number of halogens is 2. The Hall–Kier alpha value is -0.610. The summed E-state index contributed by atoms with van der Waals surface area (Å²) in [6.07, 6.45) is 0.957. The van der Waals surface area contributed by atoms with Gasteiger partial charge in [0.25, 0.3) is 0 Å². The summed E-state index contributed by atoms with van der Waals surface area (Å²) < 4.78 is 10.9. The first-order valence-electron chi connectivity index (χ1n) is 9.34. The number of morpholine rings is 1. The summed E-state index contributed by atoms with van der Waals surface area (Å²) >= 11 is 6.06. The number of nitrogens with zero attached hydrogens (tertiary/aromatic N) is 2. The number of guanidine groups is 1. The molecule has 1 atom stereocenters. The molecule has 1 fully saturated rings. The van der Waals surface area contributed by atoms with Crippen LogP contribution in [0, 0.1) is 0 Å². The van der Waals surface area contributed by atoms with E-state index in [9.17, 15) is 0 Å². The van der Waals surface area contributed by atoms with E-state index in [4.69, 9.17) is 21.1 Å². The molecule has 1 unspecified atom stereocenters. The maximum atomic E-state index is 6.06. The molecule has 154 valence electrons. The number of hydrogen-bond donors (Lipinski definition) is 2.